The molecule has 0 bridgehead atoms. The highest BCUT2D eigenvalue weighted by Crippen LogP contribution is 2.31. The van der Waals surface area contributed by atoms with E-state index in [1.54, 1.807) is 0 Å². The van der Waals surface area contributed by atoms with Gasteiger partial charge in [0.05, 0.1) is 12.0 Å². The van der Waals surface area contributed by atoms with Crippen molar-refractivity contribution in [2.75, 3.05) is 0 Å². The van der Waals surface area contributed by atoms with Crippen LogP contribution in [0.1, 0.15) is 18.2 Å². The highest BCUT2D eigenvalue weighted by atomic mass is 16.3. The lowest BCUT2D eigenvalue weighted by molar-refractivity contribution is 0.548. The number of benzene rings is 1. The molecule has 0 spiro atoms. The van der Waals surface area contributed by atoms with Crippen LogP contribution in [0.3, 0.4) is 0 Å². The lowest BCUT2D eigenvalue weighted by Crippen LogP contribution is -1.83. The molecule has 0 aliphatic heterocycles. The Morgan fingerprint density at radius 1 is 1.35 bits per heavy atom. The smallest absolute Gasteiger partial charge is 0.134 e. The topological polar surface area (TPSA) is 74.3 Å². The molecule has 0 radical (unpaired) electrons. The maximum Gasteiger partial charge on any atom is 0.134 e. The van der Waals surface area contributed by atoms with Crippen LogP contribution in [0.2, 0.25) is 0 Å². The van der Waals surface area contributed by atoms with Crippen LogP contribution >= 0.6 is 0 Å². The molecule has 1 heterocycles. The van der Waals surface area contributed by atoms with Gasteiger partial charge in [-0.25, -0.2) is 0 Å². The van der Waals surface area contributed by atoms with Gasteiger partial charge in [0.25, 0.3) is 0 Å². The highest BCUT2D eigenvalue weighted by Gasteiger charge is 2.07. The Labute approximate surface area is 116 Å². The van der Waals surface area contributed by atoms with E-state index in [1.807, 2.05) is 44.2 Å². The van der Waals surface area contributed by atoms with Crippen LogP contribution in [0, 0.1) is 6.92 Å². The quantitative estimate of drug-likeness (QED) is 0.244. The molecule has 100 valence electrons. The van der Waals surface area contributed by atoms with Crippen LogP contribution in [0.5, 0.6) is 0 Å². The van der Waals surface area contributed by atoms with Crippen molar-refractivity contribution in [1.29, 1.82) is 0 Å². The minimum absolute atomic E-state index is 0.705. The fourth-order valence-electron chi connectivity index (χ4n) is 1.84. The number of aliphatic imine (C=N–C) groups is 1. The average molecular weight is 266 g/mol. The summed E-state index contributed by atoms with van der Waals surface area (Å²) in [5.41, 5.74) is 11.7. The third-order valence-electron chi connectivity index (χ3n) is 2.78. The van der Waals surface area contributed by atoms with Gasteiger partial charge in [-0.1, -0.05) is 6.58 Å². The Hall–Kier alpha value is -2.78. The molecule has 0 fully saturated rings. The zero-order chi connectivity index (χ0) is 14.5. The average Bonchev–Trinajstić information content (AvgIpc) is 2.86. The van der Waals surface area contributed by atoms with E-state index in [9.17, 15) is 0 Å². The van der Waals surface area contributed by atoms with Gasteiger partial charge in [-0.2, -0.15) is 0 Å². The zero-order valence-electron chi connectivity index (χ0n) is 11.4. The van der Waals surface area contributed by atoms with E-state index in [-0.39, 0.29) is 0 Å². The third kappa shape index (κ3) is 2.96. The first-order valence-electron chi connectivity index (χ1n) is 6.05. The summed E-state index contributed by atoms with van der Waals surface area (Å²) in [6, 6.07) is 9.57. The van der Waals surface area contributed by atoms with E-state index < -0.39 is 0 Å². The van der Waals surface area contributed by atoms with Gasteiger partial charge in [0.1, 0.15) is 11.5 Å². The van der Waals surface area contributed by atoms with Gasteiger partial charge in [-0.3, -0.25) is 4.99 Å². The summed E-state index contributed by atoms with van der Waals surface area (Å²) in [5, 5.41) is 3.29. The molecule has 0 aliphatic carbocycles. The summed E-state index contributed by atoms with van der Waals surface area (Å²) in [6.45, 7) is 7.75. The molecular formula is C15H14N4O. The predicted molar refractivity (Wildman–Crippen MR) is 80.9 cm³/mol. The molecule has 0 unspecified atom stereocenters. The van der Waals surface area contributed by atoms with Gasteiger partial charge >= 0.3 is 0 Å². The monoisotopic (exact) mass is 266 g/mol. The Bertz CT molecular complexity index is 721. The summed E-state index contributed by atoms with van der Waals surface area (Å²) in [6.07, 6.45) is 1.18. The number of furan rings is 1. The maximum atomic E-state index is 8.25. The molecule has 20 heavy (non-hydrogen) atoms. The Morgan fingerprint density at radius 3 is 2.75 bits per heavy atom. The standard InChI is InChI=1S/C15H14N4O/c1-10(2)13-8-12(15-7-4-11(3)20-15)5-6-14(13)17-9-18-19-16/h4-9H,1H2,2-3H3/b17-9-. The first-order valence-corrected chi connectivity index (χ1v) is 6.05. The lowest BCUT2D eigenvalue weighted by atomic mass is 10.0. The second-order valence-corrected chi connectivity index (χ2v) is 4.37. The van der Waals surface area contributed by atoms with Gasteiger partial charge in [0.15, 0.2) is 0 Å². The Balaban J connectivity index is 2.47. The van der Waals surface area contributed by atoms with E-state index in [4.69, 9.17) is 9.95 Å². The molecule has 0 atom stereocenters. The van der Waals surface area contributed by atoms with Crippen molar-refractivity contribution in [3.8, 4) is 11.3 Å². The zero-order valence-corrected chi connectivity index (χ0v) is 11.4. The molecule has 0 saturated heterocycles. The van der Waals surface area contributed by atoms with Gasteiger partial charge < -0.3 is 4.42 Å². The first-order chi connectivity index (χ1) is 9.61. The number of hydrogen-bond donors (Lipinski definition) is 0. The molecule has 2 aromatic rings. The summed E-state index contributed by atoms with van der Waals surface area (Å²) in [7, 11) is 0. The van der Waals surface area contributed by atoms with Crippen molar-refractivity contribution in [2.45, 2.75) is 13.8 Å². The summed E-state index contributed by atoms with van der Waals surface area (Å²) in [4.78, 5) is 6.75. The second-order valence-electron chi connectivity index (χ2n) is 4.37. The van der Waals surface area contributed by atoms with Crippen molar-refractivity contribution < 1.29 is 4.42 Å². The van der Waals surface area contributed by atoms with Crippen LogP contribution in [0.25, 0.3) is 27.3 Å². The molecule has 5 nitrogen and oxygen atoms in total. The number of azide groups is 1. The number of hydrogen-bond acceptors (Lipinski definition) is 2. The van der Waals surface area contributed by atoms with Crippen LogP contribution in [0.4, 0.5) is 5.69 Å². The summed E-state index contributed by atoms with van der Waals surface area (Å²) >= 11 is 0. The fourth-order valence-corrected chi connectivity index (χ4v) is 1.84. The maximum absolute atomic E-state index is 8.25. The van der Waals surface area contributed by atoms with Gasteiger partial charge in [0, 0.05) is 16.0 Å². The molecular weight excluding hydrogens is 252 g/mol. The first kappa shape index (κ1) is 13.6. The van der Waals surface area contributed by atoms with Gasteiger partial charge in [-0.15, -0.1) is 0 Å². The van der Waals surface area contributed by atoms with Crippen molar-refractivity contribution in [3.05, 3.63) is 58.7 Å². The third-order valence-corrected chi connectivity index (χ3v) is 2.78. The van der Waals surface area contributed by atoms with Gasteiger partial charge in [0.2, 0.25) is 0 Å². The number of aryl methyl sites for hydroxylation is 1. The van der Waals surface area contributed by atoms with E-state index >= 15 is 0 Å². The number of allylic oxidation sites excluding steroid dienone is 1. The molecule has 0 aliphatic rings. The highest BCUT2D eigenvalue weighted by molar-refractivity contribution is 5.79. The molecule has 1 aromatic carbocycles. The molecule has 0 amide bonds. The van der Waals surface area contributed by atoms with Crippen LogP contribution in [-0.4, -0.2) is 6.34 Å². The Kier molecular flexibility index (Phi) is 4.03. The molecule has 0 N–H and O–H groups in total. The van der Waals surface area contributed by atoms with E-state index in [0.29, 0.717) is 5.69 Å². The molecule has 5 heteroatoms. The van der Waals surface area contributed by atoms with Crippen LogP contribution in [-0.2, 0) is 0 Å². The van der Waals surface area contributed by atoms with Crippen molar-refractivity contribution >= 4 is 17.6 Å². The number of nitrogens with zero attached hydrogens (tertiary/aromatic N) is 4. The molecule has 1 aromatic heterocycles. The van der Waals surface area contributed by atoms with Crippen molar-refractivity contribution in [1.82, 2.24) is 0 Å². The minimum Gasteiger partial charge on any atom is -0.461 e. The minimum atomic E-state index is 0.705. The Morgan fingerprint density at radius 2 is 2.15 bits per heavy atom. The predicted octanol–water partition coefficient (Wildman–Crippen LogP) is 5.26. The van der Waals surface area contributed by atoms with E-state index in [1.165, 1.54) is 6.34 Å². The van der Waals surface area contributed by atoms with Crippen molar-refractivity contribution in [3.63, 3.8) is 0 Å². The summed E-state index contributed by atoms with van der Waals surface area (Å²) < 4.78 is 5.61. The van der Waals surface area contributed by atoms with Crippen LogP contribution in [0.15, 0.2) is 51.4 Å². The summed E-state index contributed by atoms with van der Waals surface area (Å²) in [5.74, 6) is 1.66. The fraction of sp³-hybridized carbons (Fsp3) is 0.133. The molecule has 2 rings (SSSR count). The van der Waals surface area contributed by atoms with E-state index in [0.717, 1.165) is 28.2 Å². The second kappa shape index (κ2) is 5.91. The lowest BCUT2D eigenvalue weighted by Gasteiger charge is -2.07. The van der Waals surface area contributed by atoms with Gasteiger partial charge in [-0.05, 0) is 60.4 Å². The SMILES string of the molecule is C=C(C)c1cc(-c2ccc(C)o2)ccc1/N=C\N=[N+]=[N-]. The van der Waals surface area contributed by atoms with E-state index in [2.05, 4.69) is 21.6 Å². The largest absolute Gasteiger partial charge is 0.461 e. The normalized spacial score (nSPS) is 10.5. The molecule has 0 saturated carbocycles. The van der Waals surface area contributed by atoms with Crippen LogP contribution < -0.4 is 0 Å². The van der Waals surface area contributed by atoms with Crippen molar-refractivity contribution in [2.24, 2.45) is 10.1 Å². The number of rotatable bonds is 4.